The van der Waals surface area contributed by atoms with Crippen LogP contribution in [0.25, 0.3) is 0 Å². The van der Waals surface area contributed by atoms with Crippen LogP contribution in [0.4, 0.5) is 5.00 Å². The molecule has 0 spiro atoms. The number of carbonyl (C=O) groups excluding carboxylic acids is 2. The zero-order valence-electron chi connectivity index (χ0n) is 18.2. The van der Waals surface area contributed by atoms with E-state index < -0.39 is 5.97 Å². The Balaban J connectivity index is 1.82. The number of esters is 1. The van der Waals surface area contributed by atoms with Crippen LogP contribution in [0, 0.1) is 5.92 Å². The molecule has 3 rings (SSSR count). The second-order valence-electron chi connectivity index (χ2n) is 8.34. The summed E-state index contributed by atoms with van der Waals surface area (Å²) < 4.78 is 16.8. The fraction of sp³-hybridized carbons (Fsp3) is 0.478. The van der Waals surface area contributed by atoms with Crippen molar-refractivity contribution in [3.05, 3.63) is 45.8 Å². The number of amides is 1. The maximum Gasteiger partial charge on any atom is 0.341 e. The van der Waals surface area contributed by atoms with Crippen LogP contribution in [0.2, 0.25) is 0 Å². The Morgan fingerprint density at radius 2 is 1.93 bits per heavy atom. The molecule has 30 heavy (non-hydrogen) atoms. The van der Waals surface area contributed by atoms with E-state index in [1.54, 1.807) is 31.2 Å². The number of anilines is 1. The van der Waals surface area contributed by atoms with E-state index in [1.165, 1.54) is 11.3 Å². The topological polar surface area (TPSA) is 73.9 Å². The van der Waals surface area contributed by atoms with Crippen molar-refractivity contribution in [3.8, 4) is 5.75 Å². The molecule has 0 atom stereocenters. The van der Waals surface area contributed by atoms with Crippen LogP contribution in [0.15, 0.2) is 24.3 Å². The molecule has 1 aromatic carbocycles. The summed E-state index contributed by atoms with van der Waals surface area (Å²) in [7, 11) is 0. The Kier molecular flexibility index (Phi) is 6.83. The molecule has 0 bridgehead atoms. The first-order valence-electron chi connectivity index (χ1n) is 10.2. The van der Waals surface area contributed by atoms with Crippen LogP contribution in [-0.2, 0) is 22.5 Å². The fourth-order valence-electron chi connectivity index (χ4n) is 3.20. The summed E-state index contributed by atoms with van der Waals surface area (Å²) in [6.45, 7) is 11.2. The smallest absolute Gasteiger partial charge is 0.341 e. The number of thiophene rings is 1. The lowest BCUT2D eigenvalue weighted by Crippen LogP contribution is -2.32. The molecule has 0 fully saturated rings. The molecule has 1 N–H and O–H groups in total. The van der Waals surface area contributed by atoms with E-state index in [0.717, 1.165) is 16.2 Å². The highest BCUT2D eigenvalue weighted by molar-refractivity contribution is 7.17. The van der Waals surface area contributed by atoms with Crippen molar-refractivity contribution in [2.45, 2.75) is 53.2 Å². The van der Waals surface area contributed by atoms with Gasteiger partial charge < -0.3 is 19.5 Å². The Bertz CT molecular complexity index is 914. The summed E-state index contributed by atoms with van der Waals surface area (Å²) >= 11 is 1.37. The molecule has 7 heteroatoms. The molecular formula is C23H29NO5S. The third-order valence-electron chi connectivity index (χ3n) is 4.69. The number of fused-ring (bicyclic) bond motifs is 1. The van der Waals surface area contributed by atoms with Crippen LogP contribution in [-0.4, -0.2) is 30.7 Å². The Hall–Kier alpha value is -2.38. The van der Waals surface area contributed by atoms with Crippen molar-refractivity contribution in [2.24, 2.45) is 5.92 Å². The first kappa shape index (κ1) is 22.3. The van der Waals surface area contributed by atoms with E-state index in [1.807, 2.05) is 13.8 Å². The highest BCUT2D eigenvalue weighted by Crippen LogP contribution is 2.41. The highest BCUT2D eigenvalue weighted by Gasteiger charge is 2.34. The number of hydrogen-bond acceptors (Lipinski definition) is 6. The van der Waals surface area contributed by atoms with E-state index in [2.05, 4.69) is 19.2 Å². The Morgan fingerprint density at radius 1 is 1.23 bits per heavy atom. The molecule has 2 heterocycles. The molecule has 2 aromatic rings. The number of ether oxygens (including phenoxy) is 3. The van der Waals surface area contributed by atoms with Gasteiger partial charge in [0.25, 0.3) is 5.91 Å². The highest BCUT2D eigenvalue weighted by atomic mass is 32.1. The molecular weight excluding hydrogens is 402 g/mol. The third kappa shape index (κ3) is 5.21. The molecule has 0 saturated carbocycles. The molecule has 1 aliphatic heterocycles. The van der Waals surface area contributed by atoms with Gasteiger partial charge in [0, 0.05) is 16.9 Å². The third-order valence-corrected chi connectivity index (χ3v) is 5.81. The minimum atomic E-state index is -0.416. The lowest BCUT2D eigenvalue weighted by atomic mass is 9.93. The predicted molar refractivity (Wildman–Crippen MR) is 118 cm³/mol. The number of nitrogens with one attached hydrogen (secondary N) is 1. The number of carbonyl (C=O) groups is 2. The van der Waals surface area contributed by atoms with E-state index >= 15 is 0 Å². The van der Waals surface area contributed by atoms with Crippen LogP contribution >= 0.6 is 11.3 Å². The SMILES string of the molecule is CCOC(=O)c1c(NC(=O)c2ccc(OCC(C)C)cc2)sc2c1CC(C)(C)OC2. The molecule has 0 unspecified atom stereocenters. The van der Waals surface area contributed by atoms with Gasteiger partial charge in [-0.2, -0.15) is 0 Å². The molecule has 1 aromatic heterocycles. The molecule has 162 valence electrons. The summed E-state index contributed by atoms with van der Waals surface area (Å²) in [4.78, 5) is 26.5. The summed E-state index contributed by atoms with van der Waals surface area (Å²) in [5.41, 5.74) is 1.47. The largest absolute Gasteiger partial charge is 0.493 e. The van der Waals surface area contributed by atoms with Crippen molar-refractivity contribution in [3.63, 3.8) is 0 Å². The maximum atomic E-state index is 12.8. The van der Waals surface area contributed by atoms with Gasteiger partial charge in [0.2, 0.25) is 0 Å². The van der Waals surface area contributed by atoms with E-state index in [9.17, 15) is 9.59 Å². The number of rotatable bonds is 7. The van der Waals surface area contributed by atoms with Gasteiger partial charge in [0.1, 0.15) is 10.8 Å². The van der Waals surface area contributed by atoms with Gasteiger partial charge in [0.05, 0.1) is 31.0 Å². The first-order chi connectivity index (χ1) is 14.2. The van der Waals surface area contributed by atoms with Crippen molar-refractivity contribution in [1.29, 1.82) is 0 Å². The van der Waals surface area contributed by atoms with Crippen LogP contribution in [0.1, 0.15) is 65.8 Å². The molecule has 1 aliphatic rings. The van der Waals surface area contributed by atoms with Gasteiger partial charge in [-0.05, 0) is 56.5 Å². The van der Waals surface area contributed by atoms with E-state index in [-0.39, 0.29) is 18.1 Å². The van der Waals surface area contributed by atoms with Gasteiger partial charge in [-0.15, -0.1) is 11.3 Å². The van der Waals surface area contributed by atoms with Gasteiger partial charge in [-0.25, -0.2) is 4.79 Å². The van der Waals surface area contributed by atoms with Gasteiger partial charge in [-0.1, -0.05) is 13.8 Å². The minimum Gasteiger partial charge on any atom is -0.493 e. The van der Waals surface area contributed by atoms with Crippen LogP contribution in [0.3, 0.4) is 0 Å². The average molecular weight is 432 g/mol. The molecule has 1 amide bonds. The lowest BCUT2D eigenvalue weighted by molar-refractivity contribution is -0.0384. The average Bonchev–Trinajstić information content (AvgIpc) is 3.02. The van der Waals surface area contributed by atoms with Gasteiger partial charge >= 0.3 is 5.97 Å². The Morgan fingerprint density at radius 3 is 2.57 bits per heavy atom. The zero-order valence-corrected chi connectivity index (χ0v) is 19.0. The summed E-state index contributed by atoms with van der Waals surface area (Å²) in [5, 5.41) is 3.41. The number of hydrogen-bond donors (Lipinski definition) is 1. The van der Waals surface area contributed by atoms with Crippen molar-refractivity contribution < 1.29 is 23.8 Å². The van der Waals surface area contributed by atoms with Crippen LogP contribution < -0.4 is 10.1 Å². The van der Waals surface area contributed by atoms with Crippen molar-refractivity contribution in [2.75, 3.05) is 18.5 Å². The molecule has 0 aliphatic carbocycles. The summed E-state index contributed by atoms with van der Waals surface area (Å²) in [6, 6.07) is 6.99. The molecule has 0 radical (unpaired) electrons. The standard InChI is InChI=1S/C23H29NO5S/c1-6-27-22(26)19-17-11-23(4,5)29-13-18(17)30-21(19)24-20(25)15-7-9-16(10-8-15)28-12-14(2)3/h7-10,14H,6,11-13H2,1-5H3,(H,24,25). The second-order valence-corrected chi connectivity index (χ2v) is 9.44. The summed E-state index contributed by atoms with van der Waals surface area (Å²) in [6.07, 6.45) is 0.588. The molecule has 6 nitrogen and oxygen atoms in total. The second kappa shape index (κ2) is 9.18. The number of benzene rings is 1. The lowest BCUT2D eigenvalue weighted by Gasteiger charge is -2.30. The monoisotopic (exact) mass is 431 g/mol. The van der Waals surface area contributed by atoms with E-state index in [0.29, 0.717) is 41.7 Å². The van der Waals surface area contributed by atoms with Gasteiger partial charge in [0.15, 0.2) is 0 Å². The van der Waals surface area contributed by atoms with Crippen LogP contribution in [0.5, 0.6) is 5.75 Å². The van der Waals surface area contributed by atoms with Crippen molar-refractivity contribution >= 4 is 28.2 Å². The molecule has 0 saturated heterocycles. The van der Waals surface area contributed by atoms with Gasteiger partial charge in [-0.3, -0.25) is 4.79 Å². The van der Waals surface area contributed by atoms with Crippen molar-refractivity contribution in [1.82, 2.24) is 0 Å². The Labute approximate surface area is 181 Å². The normalized spacial score (nSPS) is 14.9. The summed E-state index contributed by atoms with van der Waals surface area (Å²) in [5.74, 6) is 0.446. The fourth-order valence-corrected chi connectivity index (χ4v) is 4.32. The predicted octanol–water partition coefficient (Wildman–Crippen LogP) is 5.06. The zero-order chi connectivity index (χ0) is 21.9. The maximum absolute atomic E-state index is 12.8. The first-order valence-corrected chi connectivity index (χ1v) is 11.0. The van der Waals surface area contributed by atoms with E-state index in [4.69, 9.17) is 14.2 Å². The quantitative estimate of drug-likeness (QED) is 0.620. The minimum absolute atomic E-state index is 0.272.